The molecule has 5 heterocycles. The summed E-state index contributed by atoms with van der Waals surface area (Å²) >= 11 is 1.63. The first-order chi connectivity index (χ1) is 17.5. The maximum absolute atomic E-state index is 12.2. The van der Waals surface area contributed by atoms with E-state index in [1.165, 1.54) is 0 Å². The van der Waals surface area contributed by atoms with Crippen molar-refractivity contribution in [3.8, 4) is 33.2 Å². The van der Waals surface area contributed by atoms with Crippen molar-refractivity contribution < 1.29 is 4.79 Å². The highest BCUT2D eigenvalue weighted by atomic mass is 32.1. The molecule has 0 radical (unpaired) electrons. The molecule has 0 aliphatic carbocycles. The van der Waals surface area contributed by atoms with Crippen LogP contribution in [0, 0.1) is 0 Å². The Morgan fingerprint density at radius 3 is 2.81 bits per heavy atom. The molecule has 0 aliphatic heterocycles. The van der Waals surface area contributed by atoms with Gasteiger partial charge in [0.1, 0.15) is 16.9 Å². The maximum Gasteiger partial charge on any atom is 0.238 e. The number of hydrogen-bond donors (Lipinski definition) is 3. The van der Waals surface area contributed by atoms with Crippen LogP contribution in [-0.2, 0) is 4.79 Å². The van der Waals surface area contributed by atoms with E-state index in [4.69, 9.17) is 4.98 Å². The second-order valence-electron chi connectivity index (χ2n) is 8.70. The molecule has 0 atom stereocenters. The van der Waals surface area contributed by atoms with Crippen molar-refractivity contribution in [3.63, 3.8) is 0 Å². The van der Waals surface area contributed by atoms with E-state index in [0.717, 1.165) is 49.3 Å². The summed E-state index contributed by atoms with van der Waals surface area (Å²) in [7, 11) is 3.71. The smallest absolute Gasteiger partial charge is 0.238 e. The number of pyridine rings is 2. The molecule has 1 aromatic carbocycles. The Balaban J connectivity index is 1.38. The fourth-order valence-electron chi connectivity index (χ4n) is 4.17. The Bertz CT molecular complexity index is 1700. The van der Waals surface area contributed by atoms with Crippen molar-refractivity contribution >= 4 is 44.9 Å². The monoisotopic (exact) mass is 494 g/mol. The van der Waals surface area contributed by atoms with Gasteiger partial charge in [-0.2, -0.15) is 5.10 Å². The highest BCUT2D eigenvalue weighted by molar-refractivity contribution is 7.13. The van der Waals surface area contributed by atoms with Crippen molar-refractivity contribution in [1.82, 2.24) is 35.0 Å². The molecule has 5 aromatic heterocycles. The van der Waals surface area contributed by atoms with E-state index in [2.05, 4.69) is 36.5 Å². The highest BCUT2D eigenvalue weighted by Gasteiger charge is 2.17. The summed E-state index contributed by atoms with van der Waals surface area (Å²) in [4.78, 5) is 32.2. The minimum Gasteiger partial charge on any atom is -0.336 e. The molecular weight excluding hydrogens is 472 g/mol. The van der Waals surface area contributed by atoms with Gasteiger partial charge in [-0.1, -0.05) is 12.1 Å². The largest absolute Gasteiger partial charge is 0.336 e. The Morgan fingerprint density at radius 2 is 1.97 bits per heavy atom. The molecule has 9 nitrogen and oxygen atoms in total. The predicted octanol–water partition coefficient (Wildman–Crippen LogP) is 4.79. The number of imidazole rings is 1. The fraction of sp³-hybridized carbons (Fsp3) is 0.115. The Labute approximate surface area is 210 Å². The topological polar surface area (TPSA) is 115 Å². The van der Waals surface area contributed by atoms with Gasteiger partial charge in [-0.15, -0.1) is 11.3 Å². The van der Waals surface area contributed by atoms with Crippen molar-refractivity contribution in [2.45, 2.75) is 0 Å². The summed E-state index contributed by atoms with van der Waals surface area (Å²) in [6.07, 6.45) is 5.21. The lowest BCUT2D eigenvalue weighted by molar-refractivity contribution is -0.116. The molecule has 0 bridgehead atoms. The van der Waals surface area contributed by atoms with Crippen LogP contribution in [0.5, 0.6) is 0 Å². The summed E-state index contributed by atoms with van der Waals surface area (Å²) in [6.45, 7) is 0.301. The summed E-state index contributed by atoms with van der Waals surface area (Å²) < 4.78 is 0. The van der Waals surface area contributed by atoms with Gasteiger partial charge in [0.05, 0.1) is 34.3 Å². The lowest BCUT2D eigenvalue weighted by atomic mass is 10.0. The Kier molecular flexibility index (Phi) is 5.51. The van der Waals surface area contributed by atoms with Gasteiger partial charge >= 0.3 is 0 Å². The SMILES string of the molecule is CN(C)CC(=O)Nc1cncc(-c2ccc3[nH]nc(-c4nc5c(-c6cccs6)nccc5[nH]4)c3c2)c1. The number of hydrogen-bond acceptors (Lipinski definition) is 7. The first kappa shape index (κ1) is 22.1. The Morgan fingerprint density at radius 1 is 1.06 bits per heavy atom. The molecular formula is C26H22N8OS. The van der Waals surface area contributed by atoms with Crippen LogP contribution in [0.3, 0.4) is 0 Å². The molecule has 0 unspecified atom stereocenters. The van der Waals surface area contributed by atoms with Gasteiger partial charge in [0.2, 0.25) is 5.91 Å². The van der Waals surface area contributed by atoms with E-state index < -0.39 is 0 Å². The number of thiophene rings is 1. The average molecular weight is 495 g/mol. The van der Waals surface area contributed by atoms with Crippen LogP contribution in [0.15, 0.2) is 66.4 Å². The number of H-pyrrole nitrogens is 2. The van der Waals surface area contributed by atoms with Crippen LogP contribution < -0.4 is 5.32 Å². The molecule has 0 saturated heterocycles. The number of carbonyl (C=O) groups is 1. The number of rotatable bonds is 6. The lowest BCUT2D eigenvalue weighted by Crippen LogP contribution is -2.27. The summed E-state index contributed by atoms with van der Waals surface area (Å²) in [5, 5.41) is 13.5. The number of nitrogens with zero attached hydrogens (tertiary/aromatic N) is 5. The molecule has 178 valence electrons. The van der Waals surface area contributed by atoms with Gasteiger partial charge in [0, 0.05) is 23.3 Å². The zero-order valence-corrected chi connectivity index (χ0v) is 20.4. The fourth-order valence-corrected chi connectivity index (χ4v) is 4.89. The third kappa shape index (κ3) is 4.12. The third-order valence-corrected chi connectivity index (χ3v) is 6.63. The van der Waals surface area contributed by atoms with Gasteiger partial charge in [-0.05, 0) is 55.4 Å². The van der Waals surface area contributed by atoms with Crippen molar-refractivity contribution in [3.05, 3.63) is 66.4 Å². The van der Waals surface area contributed by atoms with Crippen molar-refractivity contribution in [2.24, 2.45) is 0 Å². The number of carbonyl (C=O) groups excluding carboxylic acids is 1. The molecule has 0 saturated carbocycles. The second kappa shape index (κ2) is 8.99. The number of anilines is 1. The number of aromatic nitrogens is 6. The van der Waals surface area contributed by atoms with Crippen molar-refractivity contribution in [2.75, 3.05) is 26.0 Å². The molecule has 0 aliphatic rings. The van der Waals surface area contributed by atoms with Gasteiger partial charge in [0.25, 0.3) is 0 Å². The standard InChI is InChI=1S/C26H22N8OS/c1-34(2)14-22(35)29-17-10-16(12-27-13-17)15-5-6-19-18(11-15)23(33-32-19)26-30-20-7-8-28-25(24(20)31-26)21-4-3-9-36-21/h3-13H,14H2,1-2H3,(H,29,35)(H,30,31)(H,32,33). The van der Waals surface area contributed by atoms with Gasteiger partial charge < -0.3 is 15.2 Å². The van der Waals surface area contributed by atoms with Crippen molar-refractivity contribution in [1.29, 1.82) is 0 Å². The van der Waals surface area contributed by atoms with Crippen LogP contribution in [0.2, 0.25) is 0 Å². The minimum atomic E-state index is -0.0900. The Hall–Kier alpha value is -4.41. The van der Waals surface area contributed by atoms with Gasteiger partial charge in [0.15, 0.2) is 5.82 Å². The van der Waals surface area contributed by atoms with Crippen LogP contribution in [0.4, 0.5) is 5.69 Å². The molecule has 0 spiro atoms. The van der Waals surface area contributed by atoms with E-state index in [-0.39, 0.29) is 5.91 Å². The third-order valence-electron chi connectivity index (χ3n) is 5.76. The molecule has 0 fully saturated rings. The second-order valence-corrected chi connectivity index (χ2v) is 9.65. The van der Waals surface area contributed by atoms with E-state index >= 15 is 0 Å². The van der Waals surface area contributed by atoms with E-state index in [9.17, 15) is 4.79 Å². The van der Waals surface area contributed by atoms with E-state index in [1.54, 1.807) is 29.9 Å². The number of aromatic amines is 2. The van der Waals surface area contributed by atoms with E-state index in [1.807, 2.05) is 60.8 Å². The maximum atomic E-state index is 12.2. The number of fused-ring (bicyclic) bond motifs is 2. The number of likely N-dealkylation sites (N-methyl/N-ethyl adjacent to an activating group) is 1. The minimum absolute atomic E-state index is 0.0900. The zero-order chi connectivity index (χ0) is 24.6. The molecule has 1 amide bonds. The average Bonchev–Trinajstić information content (AvgIpc) is 3.62. The molecule has 6 aromatic rings. The summed E-state index contributed by atoms with van der Waals surface area (Å²) in [5.74, 6) is 0.579. The van der Waals surface area contributed by atoms with Crippen LogP contribution >= 0.6 is 11.3 Å². The molecule has 36 heavy (non-hydrogen) atoms. The highest BCUT2D eigenvalue weighted by Crippen LogP contribution is 2.33. The van der Waals surface area contributed by atoms with Gasteiger partial charge in [-0.25, -0.2) is 4.98 Å². The van der Waals surface area contributed by atoms with E-state index in [0.29, 0.717) is 18.1 Å². The summed E-state index contributed by atoms with van der Waals surface area (Å²) in [6, 6.07) is 13.9. The number of benzene rings is 1. The first-order valence-electron chi connectivity index (χ1n) is 11.3. The van der Waals surface area contributed by atoms with Crippen LogP contribution in [0.25, 0.3) is 55.2 Å². The lowest BCUT2D eigenvalue weighted by Gasteiger charge is -2.11. The normalized spacial score (nSPS) is 11.5. The number of amides is 1. The molecule has 6 rings (SSSR count). The van der Waals surface area contributed by atoms with Gasteiger partial charge in [-0.3, -0.25) is 19.9 Å². The molecule has 10 heteroatoms. The summed E-state index contributed by atoms with van der Waals surface area (Å²) in [5.41, 5.74) is 6.69. The van der Waals surface area contributed by atoms with Crippen LogP contribution in [0.1, 0.15) is 0 Å². The van der Waals surface area contributed by atoms with Crippen LogP contribution in [-0.4, -0.2) is 61.6 Å². The predicted molar refractivity (Wildman–Crippen MR) is 143 cm³/mol. The zero-order valence-electron chi connectivity index (χ0n) is 19.6. The first-order valence-corrected chi connectivity index (χ1v) is 12.2. The quantitative estimate of drug-likeness (QED) is 0.307. The molecule has 3 N–H and O–H groups in total. The number of nitrogens with one attached hydrogen (secondary N) is 3.